The van der Waals surface area contributed by atoms with E-state index in [0.29, 0.717) is 17.2 Å². The summed E-state index contributed by atoms with van der Waals surface area (Å²) in [6, 6.07) is 14.7. The maximum atomic E-state index is 12.5. The van der Waals surface area contributed by atoms with Crippen molar-refractivity contribution in [3.05, 3.63) is 77.7 Å². The predicted octanol–water partition coefficient (Wildman–Crippen LogP) is 3.66. The number of benzene rings is 2. The second-order valence-corrected chi connectivity index (χ2v) is 7.40. The van der Waals surface area contributed by atoms with E-state index in [1.807, 2.05) is 41.8 Å². The van der Waals surface area contributed by atoms with Crippen molar-refractivity contribution in [1.29, 1.82) is 0 Å². The van der Waals surface area contributed by atoms with Gasteiger partial charge in [-0.15, -0.1) is 11.3 Å². The Labute approximate surface area is 176 Å². The molecule has 9 heteroatoms. The van der Waals surface area contributed by atoms with Gasteiger partial charge in [-0.2, -0.15) is 5.10 Å². The normalized spacial score (nSPS) is 10.6. The lowest BCUT2D eigenvalue weighted by atomic mass is 10.1. The highest BCUT2D eigenvalue weighted by Gasteiger charge is 2.10. The molecule has 0 saturated heterocycles. The Morgan fingerprint density at radius 2 is 1.80 bits per heavy atom. The molecule has 2 amide bonds. The average Bonchev–Trinajstić information content (AvgIpc) is 3.41. The van der Waals surface area contributed by atoms with Crippen LogP contribution < -0.4 is 10.6 Å². The first-order valence-electron chi connectivity index (χ1n) is 9.13. The lowest BCUT2D eigenvalue weighted by Crippen LogP contribution is -2.11. The third-order valence-corrected chi connectivity index (χ3v) is 5.01. The van der Waals surface area contributed by atoms with Crippen molar-refractivity contribution in [1.82, 2.24) is 19.7 Å². The molecule has 0 atom stereocenters. The molecule has 4 rings (SSSR count). The number of amides is 2. The lowest BCUT2D eigenvalue weighted by molar-refractivity contribution is -0.114. The number of hydrogen-bond donors (Lipinski definition) is 2. The minimum atomic E-state index is -0.218. The van der Waals surface area contributed by atoms with Crippen molar-refractivity contribution in [2.75, 3.05) is 10.6 Å². The number of carbonyl (C=O) groups excluding carboxylic acids is 2. The molecule has 2 aromatic heterocycles. The minimum absolute atomic E-state index is 0.118. The Bertz CT molecular complexity index is 1150. The van der Waals surface area contributed by atoms with Gasteiger partial charge in [0, 0.05) is 29.1 Å². The minimum Gasteiger partial charge on any atom is -0.326 e. The summed E-state index contributed by atoms with van der Waals surface area (Å²) in [4.78, 5) is 32.0. The molecule has 2 aromatic carbocycles. The Hall–Kier alpha value is -3.85. The predicted molar refractivity (Wildman–Crippen MR) is 115 cm³/mol. The van der Waals surface area contributed by atoms with Gasteiger partial charge in [0.25, 0.3) is 5.91 Å². The third kappa shape index (κ3) is 4.76. The van der Waals surface area contributed by atoms with E-state index in [2.05, 4.69) is 25.7 Å². The highest BCUT2D eigenvalue weighted by molar-refractivity contribution is 7.14. The van der Waals surface area contributed by atoms with Crippen LogP contribution in [0.4, 0.5) is 10.8 Å². The van der Waals surface area contributed by atoms with E-state index >= 15 is 0 Å². The molecule has 8 nitrogen and oxygen atoms in total. The molecule has 0 unspecified atom stereocenters. The van der Waals surface area contributed by atoms with Crippen LogP contribution in [0.1, 0.15) is 22.8 Å². The highest BCUT2D eigenvalue weighted by atomic mass is 32.1. The zero-order valence-corrected chi connectivity index (χ0v) is 16.9. The van der Waals surface area contributed by atoms with Gasteiger partial charge >= 0.3 is 0 Å². The highest BCUT2D eigenvalue weighted by Crippen LogP contribution is 2.26. The monoisotopic (exact) mass is 418 g/mol. The van der Waals surface area contributed by atoms with Crippen LogP contribution in [0.15, 0.2) is 66.6 Å². The number of nitrogens with zero attached hydrogens (tertiary/aromatic N) is 4. The molecule has 150 valence electrons. The number of nitrogens with one attached hydrogen (secondary N) is 2. The summed E-state index contributed by atoms with van der Waals surface area (Å²) < 4.78 is 1.72. The van der Waals surface area contributed by atoms with E-state index in [-0.39, 0.29) is 11.8 Å². The van der Waals surface area contributed by atoms with Crippen molar-refractivity contribution in [2.45, 2.75) is 13.5 Å². The van der Waals surface area contributed by atoms with Gasteiger partial charge in [-0.3, -0.25) is 14.9 Å². The van der Waals surface area contributed by atoms with E-state index in [1.54, 1.807) is 23.1 Å². The van der Waals surface area contributed by atoms with E-state index in [4.69, 9.17) is 0 Å². The largest absolute Gasteiger partial charge is 0.326 e. The lowest BCUT2D eigenvalue weighted by Gasteiger charge is -2.05. The Balaban J connectivity index is 1.39. The molecule has 0 aliphatic heterocycles. The van der Waals surface area contributed by atoms with Crippen LogP contribution in [-0.2, 0) is 11.3 Å². The van der Waals surface area contributed by atoms with Crippen LogP contribution in [0.25, 0.3) is 11.3 Å². The first-order chi connectivity index (χ1) is 14.6. The zero-order chi connectivity index (χ0) is 20.9. The molecule has 4 aromatic rings. The molecule has 0 saturated carbocycles. The van der Waals surface area contributed by atoms with Crippen LogP contribution >= 0.6 is 11.3 Å². The van der Waals surface area contributed by atoms with Crippen molar-refractivity contribution in [3.8, 4) is 11.3 Å². The van der Waals surface area contributed by atoms with Gasteiger partial charge in [-0.1, -0.05) is 24.3 Å². The summed E-state index contributed by atoms with van der Waals surface area (Å²) in [5.74, 6) is -0.336. The van der Waals surface area contributed by atoms with Crippen molar-refractivity contribution in [2.24, 2.45) is 0 Å². The quantitative estimate of drug-likeness (QED) is 0.498. The molecule has 30 heavy (non-hydrogen) atoms. The number of anilines is 2. The van der Waals surface area contributed by atoms with Crippen molar-refractivity contribution in [3.63, 3.8) is 0 Å². The van der Waals surface area contributed by atoms with Crippen LogP contribution in [0, 0.1) is 0 Å². The van der Waals surface area contributed by atoms with Gasteiger partial charge < -0.3 is 5.32 Å². The maximum absolute atomic E-state index is 12.5. The molecular formula is C21H18N6O2S. The fourth-order valence-corrected chi connectivity index (χ4v) is 3.54. The second kappa shape index (κ2) is 8.66. The number of thiazole rings is 1. The Kier molecular flexibility index (Phi) is 5.62. The molecular weight excluding hydrogens is 400 g/mol. The molecule has 0 aliphatic rings. The van der Waals surface area contributed by atoms with Crippen LogP contribution in [-0.4, -0.2) is 31.6 Å². The summed E-state index contributed by atoms with van der Waals surface area (Å²) in [6.45, 7) is 2.06. The van der Waals surface area contributed by atoms with Gasteiger partial charge in [-0.25, -0.2) is 14.6 Å². The summed E-state index contributed by atoms with van der Waals surface area (Å²) in [5, 5.41) is 12.0. The van der Waals surface area contributed by atoms with Gasteiger partial charge in [0.15, 0.2) is 5.13 Å². The van der Waals surface area contributed by atoms with Crippen LogP contribution in [0.3, 0.4) is 0 Å². The van der Waals surface area contributed by atoms with Gasteiger partial charge in [0.2, 0.25) is 5.91 Å². The van der Waals surface area contributed by atoms with E-state index in [1.165, 1.54) is 24.6 Å². The van der Waals surface area contributed by atoms with Crippen molar-refractivity contribution < 1.29 is 9.59 Å². The van der Waals surface area contributed by atoms with Gasteiger partial charge in [0.1, 0.15) is 12.7 Å². The smallest absolute Gasteiger partial charge is 0.257 e. The average molecular weight is 418 g/mol. The summed E-state index contributed by atoms with van der Waals surface area (Å²) in [7, 11) is 0. The van der Waals surface area contributed by atoms with Crippen LogP contribution in [0.5, 0.6) is 0 Å². The number of carbonyl (C=O) groups is 2. The van der Waals surface area contributed by atoms with Crippen molar-refractivity contribution >= 4 is 34.0 Å². The third-order valence-electron chi connectivity index (χ3n) is 4.25. The molecule has 2 N–H and O–H groups in total. The standard InChI is InChI=1S/C21H18N6O2S/c1-14(28)24-18-8-6-16(7-9-18)19-11-30-21(25-19)26-20(29)17-4-2-15(3-5-17)10-27-13-22-12-23-27/h2-9,11-13H,10H2,1H3,(H,24,28)(H,25,26,29). The SMILES string of the molecule is CC(=O)Nc1ccc(-c2csc(NC(=O)c3ccc(Cn4cncn4)cc3)n2)cc1. The molecule has 0 aliphatic carbocycles. The molecule has 0 bridgehead atoms. The van der Waals surface area contributed by atoms with E-state index in [9.17, 15) is 9.59 Å². The number of rotatable bonds is 6. The zero-order valence-electron chi connectivity index (χ0n) is 16.1. The Morgan fingerprint density at radius 1 is 1.03 bits per heavy atom. The molecule has 0 fully saturated rings. The van der Waals surface area contributed by atoms with Crippen LogP contribution in [0.2, 0.25) is 0 Å². The number of hydrogen-bond acceptors (Lipinski definition) is 6. The van der Waals surface area contributed by atoms with Gasteiger partial charge in [0.05, 0.1) is 12.2 Å². The Morgan fingerprint density at radius 3 is 2.47 bits per heavy atom. The first-order valence-corrected chi connectivity index (χ1v) is 10.0. The van der Waals surface area contributed by atoms with E-state index in [0.717, 1.165) is 22.5 Å². The summed E-state index contributed by atoms with van der Waals surface area (Å²) in [6.07, 6.45) is 3.13. The number of aromatic nitrogens is 4. The maximum Gasteiger partial charge on any atom is 0.257 e. The fraction of sp³-hybridized carbons (Fsp3) is 0.0952. The van der Waals surface area contributed by atoms with E-state index < -0.39 is 0 Å². The molecule has 0 spiro atoms. The second-order valence-electron chi connectivity index (χ2n) is 6.54. The summed E-state index contributed by atoms with van der Waals surface area (Å²) >= 11 is 1.36. The molecule has 2 heterocycles. The van der Waals surface area contributed by atoms with Gasteiger partial charge in [-0.05, 0) is 29.8 Å². The molecule has 0 radical (unpaired) electrons. The topological polar surface area (TPSA) is 102 Å². The summed E-state index contributed by atoms with van der Waals surface area (Å²) in [5.41, 5.74) is 3.96. The fourth-order valence-electron chi connectivity index (χ4n) is 2.82. The first kappa shape index (κ1) is 19.5.